The van der Waals surface area contributed by atoms with Crippen molar-refractivity contribution in [2.45, 2.75) is 18.9 Å². The second-order valence-electron chi connectivity index (χ2n) is 8.17. The molecule has 0 aliphatic carbocycles. The molecular weight excluding hydrogens is 486 g/mol. The average molecular weight is 511 g/mol. The minimum Gasteiger partial charge on any atom is -0.485 e. The van der Waals surface area contributed by atoms with Crippen LogP contribution in [0.15, 0.2) is 36.4 Å². The number of amides is 2. The maximum atomic E-state index is 13.4. The van der Waals surface area contributed by atoms with E-state index in [2.05, 4.69) is 16.1 Å². The number of ether oxygens (including phenoxy) is 2. The molecule has 1 saturated heterocycles. The van der Waals surface area contributed by atoms with Gasteiger partial charge in [-0.3, -0.25) is 15.0 Å². The van der Waals surface area contributed by atoms with Crippen LogP contribution in [0.5, 0.6) is 11.5 Å². The highest BCUT2D eigenvalue weighted by Crippen LogP contribution is 2.31. The topological polar surface area (TPSA) is 91.9 Å². The van der Waals surface area contributed by atoms with E-state index in [0.29, 0.717) is 49.8 Å². The van der Waals surface area contributed by atoms with Crippen LogP contribution in [0.3, 0.4) is 0 Å². The molecule has 0 aromatic heterocycles. The number of rotatable bonds is 7. The summed E-state index contributed by atoms with van der Waals surface area (Å²) in [6.07, 6.45) is 1.05. The van der Waals surface area contributed by atoms with Gasteiger partial charge in [0.15, 0.2) is 6.61 Å². The Kier molecular flexibility index (Phi) is 7.97. The number of hydrogen-bond donors (Lipinski definition) is 3. The van der Waals surface area contributed by atoms with Gasteiger partial charge in [0.25, 0.3) is 5.91 Å². The van der Waals surface area contributed by atoms with E-state index in [1.165, 1.54) is 12.1 Å². The second-order valence-corrected chi connectivity index (χ2v) is 9.01. The van der Waals surface area contributed by atoms with Gasteiger partial charge in [-0.1, -0.05) is 23.2 Å². The number of benzene rings is 2. The molecule has 8 nitrogen and oxygen atoms in total. The summed E-state index contributed by atoms with van der Waals surface area (Å²) in [5, 5.41) is 8.61. The van der Waals surface area contributed by atoms with Crippen molar-refractivity contribution in [2.24, 2.45) is 5.92 Å². The number of nitrogens with one attached hydrogen (secondary N) is 3. The third-order valence-electron chi connectivity index (χ3n) is 5.67. The zero-order valence-electron chi connectivity index (χ0n) is 18.3. The van der Waals surface area contributed by atoms with Crippen LogP contribution in [0.1, 0.15) is 12.8 Å². The zero-order valence-corrected chi connectivity index (χ0v) is 19.8. The Bertz CT molecular complexity index is 1050. The highest BCUT2D eigenvalue weighted by molar-refractivity contribution is 6.31. The molecule has 2 aliphatic rings. The van der Waals surface area contributed by atoms with Gasteiger partial charge in [0.05, 0.1) is 23.8 Å². The number of hydrogen-bond acceptors (Lipinski definition) is 6. The first-order chi connectivity index (χ1) is 16.4. The largest absolute Gasteiger partial charge is 0.485 e. The quantitative estimate of drug-likeness (QED) is 0.529. The van der Waals surface area contributed by atoms with E-state index in [0.717, 1.165) is 11.8 Å². The van der Waals surface area contributed by atoms with E-state index in [9.17, 15) is 14.0 Å². The number of nitrogens with zero attached hydrogens (tertiary/aromatic N) is 1. The predicted molar refractivity (Wildman–Crippen MR) is 127 cm³/mol. The van der Waals surface area contributed by atoms with E-state index >= 15 is 0 Å². The van der Waals surface area contributed by atoms with Crippen LogP contribution in [0.25, 0.3) is 0 Å². The number of carbonyl (C=O) groups is 2. The summed E-state index contributed by atoms with van der Waals surface area (Å²) in [7, 11) is 0. The Balaban J connectivity index is 1.14. The van der Waals surface area contributed by atoms with Crippen molar-refractivity contribution in [1.29, 1.82) is 0 Å². The van der Waals surface area contributed by atoms with Gasteiger partial charge in [-0.25, -0.2) is 9.40 Å². The fraction of sp³-hybridized carbons (Fsp3) is 0.391. The molecule has 34 heavy (non-hydrogen) atoms. The maximum Gasteiger partial charge on any atom is 0.272 e. The molecule has 2 aliphatic heterocycles. The van der Waals surface area contributed by atoms with Crippen LogP contribution in [0, 0.1) is 11.7 Å². The normalized spacial score (nSPS) is 18.3. The molecule has 2 aromatic rings. The van der Waals surface area contributed by atoms with Gasteiger partial charge in [-0.05, 0) is 43.2 Å². The molecule has 1 atom stereocenters. The average Bonchev–Trinajstić information content (AvgIpc) is 2.83. The van der Waals surface area contributed by atoms with E-state index in [1.807, 2.05) is 6.07 Å². The molecule has 182 valence electrons. The Hall–Kier alpha value is -2.75. The Morgan fingerprint density at radius 2 is 1.97 bits per heavy atom. The van der Waals surface area contributed by atoms with Crippen LogP contribution in [0.4, 0.5) is 10.1 Å². The molecule has 0 radical (unpaired) electrons. The lowest BCUT2D eigenvalue weighted by atomic mass is 9.97. The molecule has 11 heteroatoms. The number of piperidine rings is 1. The molecule has 3 N–H and O–H groups in total. The van der Waals surface area contributed by atoms with Gasteiger partial charge >= 0.3 is 0 Å². The summed E-state index contributed by atoms with van der Waals surface area (Å²) in [6, 6.07) is 9.36. The van der Waals surface area contributed by atoms with Crippen molar-refractivity contribution in [3.63, 3.8) is 0 Å². The van der Waals surface area contributed by atoms with Crippen molar-refractivity contribution in [3.8, 4) is 11.5 Å². The van der Waals surface area contributed by atoms with Crippen molar-refractivity contribution in [1.82, 2.24) is 15.8 Å². The molecule has 2 heterocycles. The third-order valence-corrected chi connectivity index (χ3v) is 6.21. The van der Waals surface area contributed by atoms with Gasteiger partial charge in [0.1, 0.15) is 23.4 Å². The monoisotopic (exact) mass is 510 g/mol. The molecule has 1 unspecified atom stereocenters. The van der Waals surface area contributed by atoms with E-state index < -0.39 is 5.82 Å². The SMILES string of the molecule is O=C(COc1ccc(Cl)c(F)c1)NN1CCC(C(=O)NCC2CNc3cc(Cl)ccc3O2)CC1. The van der Waals surface area contributed by atoms with E-state index in [1.54, 1.807) is 17.1 Å². The summed E-state index contributed by atoms with van der Waals surface area (Å²) in [6.45, 7) is 1.78. The van der Waals surface area contributed by atoms with Crippen molar-refractivity contribution >= 4 is 40.7 Å². The van der Waals surface area contributed by atoms with E-state index in [4.69, 9.17) is 32.7 Å². The van der Waals surface area contributed by atoms with Crippen LogP contribution in [0.2, 0.25) is 10.0 Å². The number of carbonyl (C=O) groups excluding carboxylic acids is 2. The highest BCUT2D eigenvalue weighted by atomic mass is 35.5. The molecule has 2 aromatic carbocycles. The summed E-state index contributed by atoms with van der Waals surface area (Å²) in [5.41, 5.74) is 3.59. The molecule has 0 bridgehead atoms. The first-order valence-corrected chi connectivity index (χ1v) is 11.7. The summed E-state index contributed by atoms with van der Waals surface area (Å²) >= 11 is 11.6. The highest BCUT2D eigenvalue weighted by Gasteiger charge is 2.27. The fourth-order valence-corrected chi connectivity index (χ4v) is 4.13. The smallest absolute Gasteiger partial charge is 0.272 e. The summed E-state index contributed by atoms with van der Waals surface area (Å²) < 4.78 is 24.7. The molecular formula is C23H25Cl2FN4O4. The maximum absolute atomic E-state index is 13.4. The zero-order chi connectivity index (χ0) is 24.1. The van der Waals surface area contributed by atoms with Gasteiger partial charge in [0.2, 0.25) is 5.91 Å². The fourth-order valence-electron chi connectivity index (χ4n) is 3.84. The van der Waals surface area contributed by atoms with Crippen LogP contribution >= 0.6 is 23.2 Å². The summed E-state index contributed by atoms with van der Waals surface area (Å²) in [4.78, 5) is 24.7. The Labute approximate surface area is 206 Å². The standard InChI is InChI=1S/C23H25Cl2FN4O4/c24-15-1-4-21-20(9-15)27-11-17(34-21)12-28-23(32)14-5-7-30(8-6-14)29-22(31)13-33-16-2-3-18(25)19(26)10-16/h1-4,9-10,14,17,27H,5-8,11-13H2,(H,28,32)(H,29,31). The molecule has 0 saturated carbocycles. The first kappa shape index (κ1) is 24.4. The Morgan fingerprint density at radius 1 is 1.18 bits per heavy atom. The van der Waals surface area contributed by atoms with E-state index in [-0.39, 0.29) is 41.2 Å². The number of fused-ring (bicyclic) bond motifs is 1. The molecule has 1 fully saturated rings. The lowest BCUT2D eigenvalue weighted by Gasteiger charge is -2.32. The lowest BCUT2D eigenvalue weighted by Crippen LogP contribution is -2.50. The van der Waals surface area contributed by atoms with Crippen molar-refractivity contribution in [3.05, 3.63) is 52.3 Å². The molecule has 4 rings (SSSR count). The van der Waals surface area contributed by atoms with Gasteiger partial charge in [0, 0.05) is 30.1 Å². The van der Waals surface area contributed by atoms with Gasteiger partial charge in [-0.15, -0.1) is 0 Å². The Morgan fingerprint density at radius 3 is 2.74 bits per heavy atom. The first-order valence-electron chi connectivity index (χ1n) is 11.0. The number of anilines is 1. The summed E-state index contributed by atoms with van der Waals surface area (Å²) in [5.74, 6) is -0.197. The second kappa shape index (κ2) is 11.1. The molecule has 0 spiro atoms. The number of halogens is 3. The van der Waals surface area contributed by atoms with Crippen LogP contribution in [-0.2, 0) is 9.59 Å². The predicted octanol–water partition coefficient (Wildman–Crippen LogP) is 3.24. The van der Waals surface area contributed by atoms with Crippen molar-refractivity contribution < 1.29 is 23.5 Å². The third kappa shape index (κ3) is 6.43. The number of hydrazine groups is 1. The van der Waals surface area contributed by atoms with Crippen molar-refractivity contribution in [2.75, 3.05) is 38.1 Å². The molecule has 2 amide bonds. The minimum absolute atomic E-state index is 0.0117. The lowest BCUT2D eigenvalue weighted by molar-refractivity contribution is -0.130. The van der Waals surface area contributed by atoms with Crippen LogP contribution in [-0.4, -0.2) is 55.7 Å². The van der Waals surface area contributed by atoms with Crippen LogP contribution < -0.4 is 25.5 Å². The van der Waals surface area contributed by atoms with Gasteiger partial charge < -0.3 is 20.1 Å². The van der Waals surface area contributed by atoms with Gasteiger partial charge in [-0.2, -0.15) is 0 Å². The minimum atomic E-state index is -0.610.